The van der Waals surface area contributed by atoms with Gasteiger partial charge in [0, 0.05) is 0 Å². The van der Waals surface area contributed by atoms with Gasteiger partial charge in [-0.05, 0) is 42.5 Å². The van der Waals surface area contributed by atoms with Gasteiger partial charge in [0.1, 0.15) is 22.9 Å². The van der Waals surface area contributed by atoms with Crippen molar-refractivity contribution in [1.82, 2.24) is 14.8 Å². The smallest absolute Gasteiger partial charge is 0.416 e. The number of nitrogens with zero attached hydrogens (tertiary/aromatic N) is 3. The molecule has 0 radical (unpaired) electrons. The Morgan fingerprint density at radius 3 is 2.26 bits per heavy atom. The third-order valence-electron chi connectivity index (χ3n) is 4.63. The van der Waals surface area contributed by atoms with Crippen LogP contribution in [0.15, 0.2) is 66.7 Å². The Kier molecular flexibility index (Phi) is 5.02. The summed E-state index contributed by atoms with van der Waals surface area (Å²) in [7, 11) is 1.48. The van der Waals surface area contributed by atoms with Crippen molar-refractivity contribution in [2.75, 3.05) is 7.11 Å². The van der Waals surface area contributed by atoms with Crippen molar-refractivity contribution in [2.45, 2.75) is 6.18 Å². The molecule has 0 amide bonds. The molecule has 0 spiro atoms. The molecular formula is C22H16F3N3O3. The molecule has 31 heavy (non-hydrogen) atoms. The number of hydrogen-bond donors (Lipinski definition) is 2. The third kappa shape index (κ3) is 3.77. The van der Waals surface area contributed by atoms with Crippen molar-refractivity contribution >= 4 is 0 Å². The van der Waals surface area contributed by atoms with Crippen LogP contribution < -0.4 is 4.74 Å². The zero-order valence-corrected chi connectivity index (χ0v) is 16.1. The zero-order chi connectivity index (χ0) is 22.2. The highest BCUT2D eigenvalue weighted by Gasteiger charge is 2.31. The van der Waals surface area contributed by atoms with E-state index in [-0.39, 0.29) is 23.0 Å². The number of halogens is 3. The minimum atomic E-state index is -4.60. The number of hydrogen-bond acceptors (Lipinski definition) is 5. The van der Waals surface area contributed by atoms with Crippen molar-refractivity contribution < 1.29 is 28.1 Å². The molecule has 6 nitrogen and oxygen atoms in total. The molecular weight excluding hydrogens is 411 g/mol. The van der Waals surface area contributed by atoms with Crippen molar-refractivity contribution in [3.63, 3.8) is 0 Å². The number of aromatic hydroxyl groups is 2. The molecule has 9 heteroatoms. The van der Waals surface area contributed by atoms with Gasteiger partial charge in [-0.25, -0.2) is 9.67 Å². The van der Waals surface area contributed by atoms with Crippen LogP contribution in [0.1, 0.15) is 5.56 Å². The summed E-state index contributed by atoms with van der Waals surface area (Å²) >= 11 is 0. The van der Waals surface area contributed by atoms with Crippen molar-refractivity contribution in [3.05, 3.63) is 72.3 Å². The van der Waals surface area contributed by atoms with Crippen LogP contribution in [-0.2, 0) is 6.18 Å². The predicted octanol–water partition coefficient (Wildman–Crippen LogP) is 5.04. The van der Waals surface area contributed by atoms with Gasteiger partial charge in [-0.1, -0.05) is 24.3 Å². The molecule has 0 aliphatic carbocycles. The molecule has 4 rings (SSSR count). The highest BCUT2D eigenvalue weighted by molar-refractivity contribution is 5.71. The summed E-state index contributed by atoms with van der Waals surface area (Å²) in [6.07, 6.45) is -4.60. The van der Waals surface area contributed by atoms with E-state index in [1.807, 2.05) is 0 Å². The number of phenols is 2. The summed E-state index contributed by atoms with van der Waals surface area (Å²) in [4.78, 5) is 4.41. The summed E-state index contributed by atoms with van der Waals surface area (Å²) in [5.41, 5.74) is -0.135. The third-order valence-corrected chi connectivity index (χ3v) is 4.63. The molecule has 0 atom stereocenters. The molecule has 0 bridgehead atoms. The van der Waals surface area contributed by atoms with Crippen LogP contribution >= 0.6 is 0 Å². The Balaban J connectivity index is 1.94. The van der Waals surface area contributed by atoms with Gasteiger partial charge in [-0.2, -0.15) is 13.2 Å². The van der Waals surface area contributed by atoms with Gasteiger partial charge in [0.05, 0.1) is 23.8 Å². The fourth-order valence-corrected chi connectivity index (χ4v) is 3.13. The lowest BCUT2D eigenvalue weighted by molar-refractivity contribution is -0.137. The van der Waals surface area contributed by atoms with Crippen LogP contribution in [-0.4, -0.2) is 32.1 Å². The lowest BCUT2D eigenvalue weighted by Gasteiger charge is -2.11. The van der Waals surface area contributed by atoms with Gasteiger partial charge >= 0.3 is 6.18 Å². The standard InChI is InChI=1S/C22H16F3N3O3/c1-31-19-9-5-3-7-16(19)28-21(15-6-2-4-8-17(15)29)26-20(27-28)14-11-10-13(12-18(14)30)22(23,24)25/h2-12,29-30H,1H3. The summed E-state index contributed by atoms with van der Waals surface area (Å²) in [5, 5.41) is 25.0. The van der Waals surface area contributed by atoms with E-state index in [1.54, 1.807) is 42.5 Å². The lowest BCUT2D eigenvalue weighted by Crippen LogP contribution is -2.04. The van der Waals surface area contributed by atoms with E-state index in [9.17, 15) is 23.4 Å². The number of aromatic nitrogens is 3. The van der Waals surface area contributed by atoms with E-state index in [2.05, 4.69) is 10.1 Å². The van der Waals surface area contributed by atoms with Gasteiger partial charge in [0.15, 0.2) is 11.6 Å². The molecule has 158 valence electrons. The number of ether oxygens (including phenoxy) is 1. The number of para-hydroxylation sites is 3. The van der Waals surface area contributed by atoms with E-state index in [0.717, 1.165) is 12.1 Å². The van der Waals surface area contributed by atoms with Gasteiger partial charge in [0.2, 0.25) is 0 Å². The van der Waals surface area contributed by atoms with E-state index < -0.39 is 17.5 Å². The molecule has 0 unspecified atom stereocenters. The Morgan fingerprint density at radius 1 is 0.871 bits per heavy atom. The molecule has 3 aromatic carbocycles. The number of rotatable bonds is 4. The Hall–Kier alpha value is -4.01. The SMILES string of the molecule is COc1ccccc1-n1nc(-c2ccc(C(F)(F)F)cc2O)nc1-c1ccccc1O. The normalized spacial score (nSPS) is 11.5. The molecule has 0 saturated carbocycles. The van der Waals surface area contributed by atoms with Crippen LogP contribution in [0.5, 0.6) is 17.2 Å². The Bertz CT molecular complexity index is 1250. The Morgan fingerprint density at radius 2 is 1.58 bits per heavy atom. The molecule has 0 aliphatic rings. The zero-order valence-electron chi connectivity index (χ0n) is 16.1. The summed E-state index contributed by atoms with van der Waals surface area (Å²) < 4.78 is 45.6. The highest BCUT2D eigenvalue weighted by atomic mass is 19.4. The van der Waals surface area contributed by atoms with Crippen LogP contribution in [0, 0.1) is 0 Å². The second-order valence-electron chi connectivity index (χ2n) is 6.59. The van der Waals surface area contributed by atoms with Gasteiger partial charge in [0.25, 0.3) is 0 Å². The summed E-state index contributed by atoms with van der Waals surface area (Å²) in [6, 6.07) is 16.0. The fourth-order valence-electron chi connectivity index (χ4n) is 3.13. The van der Waals surface area contributed by atoms with Crippen molar-refractivity contribution in [3.8, 4) is 45.7 Å². The molecule has 0 fully saturated rings. The largest absolute Gasteiger partial charge is 0.507 e. The molecule has 0 saturated heterocycles. The first-order valence-corrected chi connectivity index (χ1v) is 9.09. The predicted molar refractivity (Wildman–Crippen MR) is 107 cm³/mol. The van der Waals surface area contributed by atoms with E-state index in [4.69, 9.17) is 4.74 Å². The van der Waals surface area contributed by atoms with E-state index in [0.29, 0.717) is 23.1 Å². The second-order valence-corrected chi connectivity index (χ2v) is 6.59. The van der Waals surface area contributed by atoms with Crippen molar-refractivity contribution in [1.29, 1.82) is 0 Å². The number of alkyl halides is 3. The van der Waals surface area contributed by atoms with Crippen LogP contribution in [0.25, 0.3) is 28.5 Å². The van der Waals surface area contributed by atoms with Crippen LogP contribution in [0.3, 0.4) is 0 Å². The second kappa shape index (κ2) is 7.67. The molecule has 1 aromatic heterocycles. The molecule has 4 aromatic rings. The monoisotopic (exact) mass is 427 g/mol. The first-order chi connectivity index (χ1) is 14.8. The molecule has 1 heterocycles. The number of methoxy groups -OCH3 is 1. The maximum absolute atomic E-state index is 13.0. The van der Waals surface area contributed by atoms with Gasteiger partial charge in [-0.15, -0.1) is 5.10 Å². The molecule has 2 N–H and O–H groups in total. The topological polar surface area (TPSA) is 80.4 Å². The van der Waals surface area contributed by atoms with Crippen LogP contribution in [0.4, 0.5) is 13.2 Å². The maximum Gasteiger partial charge on any atom is 0.416 e. The fraction of sp³-hybridized carbons (Fsp3) is 0.0909. The minimum absolute atomic E-state index is 0.0123. The maximum atomic E-state index is 13.0. The minimum Gasteiger partial charge on any atom is -0.507 e. The van der Waals surface area contributed by atoms with Crippen LogP contribution in [0.2, 0.25) is 0 Å². The lowest BCUT2D eigenvalue weighted by atomic mass is 10.1. The van der Waals surface area contributed by atoms with E-state index >= 15 is 0 Å². The Labute approximate surface area is 174 Å². The number of phenolic OH excluding ortho intramolecular Hbond substituents is 2. The number of benzene rings is 3. The quantitative estimate of drug-likeness (QED) is 0.477. The first kappa shape index (κ1) is 20.3. The average molecular weight is 427 g/mol. The molecule has 0 aliphatic heterocycles. The summed E-state index contributed by atoms with van der Waals surface area (Å²) in [6.45, 7) is 0. The van der Waals surface area contributed by atoms with Gasteiger partial charge in [-0.3, -0.25) is 0 Å². The highest BCUT2D eigenvalue weighted by Crippen LogP contribution is 2.38. The van der Waals surface area contributed by atoms with E-state index in [1.165, 1.54) is 17.9 Å². The summed E-state index contributed by atoms with van der Waals surface area (Å²) in [5.74, 6) is -0.00961. The average Bonchev–Trinajstić information content (AvgIpc) is 3.18. The van der Waals surface area contributed by atoms with Crippen molar-refractivity contribution in [2.24, 2.45) is 0 Å². The first-order valence-electron chi connectivity index (χ1n) is 9.09. The van der Waals surface area contributed by atoms with Gasteiger partial charge < -0.3 is 14.9 Å².